The molecule has 0 saturated heterocycles. The molecular weight excluding hydrogens is 228 g/mol. The number of hydrogen-bond acceptors (Lipinski definition) is 3. The molecule has 1 aromatic carbocycles. The number of rotatable bonds is 4. The van der Waals surface area contributed by atoms with Crippen LogP contribution in [-0.4, -0.2) is 28.4 Å². The minimum atomic E-state index is -0.102. The molecule has 1 aromatic heterocycles. The summed E-state index contributed by atoms with van der Waals surface area (Å²) in [5.74, 6) is 0.611. The molecule has 86 valence electrons. The third kappa shape index (κ3) is 1.91. The van der Waals surface area contributed by atoms with Gasteiger partial charge in [-0.25, -0.2) is 4.98 Å². The molecular formula is C11H13ClN2O2. The number of aliphatic hydroxyl groups excluding tert-OH is 1. The van der Waals surface area contributed by atoms with Gasteiger partial charge in [0.2, 0.25) is 0 Å². The lowest BCUT2D eigenvalue weighted by atomic mass is 10.3. The molecule has 5 heteroatoms. The third-order valence-electron chi connectivity index (χ3n) is 2.46. The molecule has 0 radical (unpaired) electrons. The van der Waals surface area contributed by atoms with Crippen molar-refractivity contribution in [3.05, 3.63) is 29.0 Å². The fraction of sp³-hybridized carbons (Fsp3) is 0.364. The van der Waals surface area contributed by atoms with Gasteiger partial charge in [-0.05, 0) is 12.1 Å². The third-order valence-corrected chi connectivity index (χ3v) is 2.76. The molecule has 2 aromatic rings. The number of nitrogens with zero attached hydrogens (tertiary/aromatic N) is 2. The van der Waals surface area contributed by atoms with Crippen LogP contribution in [-0.2, 0) is 17.9 Å². The zero-order valence-electron chi connectivity index (χ0n) is 8.98. The van der Waals surface area contributed by atoms with Crippen LogP contribution in [0.1, 0.15) is 5.82 Å². The second-order valence-electron chi connectivity index (χ2n) is 3.44. The van der Waals surface area contributed by atoms with Gasteiger partial charge in [0.05, 0.1) is 22.7 Å². The highest BCUT2D eigenvalue weighted by atomic mass is 35.5. The average Bonchev–Trinajstić information content (AvgIpc) is 2.65. The maximum absolute atomic E-state index is 9.24. The van der Waals surface area contributed by atoms with Crippen molar-refractivity contribution in [1.82, 2.24) is 9.55 Å². The number of methoxy groups -OCH3 is 1. The number of aromatic nitrogens is 2. The van der Waals surface area contributed by atoms with E-state index >= 15 is 0 Å². The van der Waals surface area contributed by atoms with Crippen LogP contribution in [0.5, 0.6) is 0 Å². The summed E-state index contributed by atoms with van der Waals surface area (Å²) < 4.78 is 6.92. The molecule has 0 unspecified atom stereocenters. The van der Waals surface area contributed by atoms with Gasteiger partial charge >= 0.3 is 0 Å². The summed E-state index contributed by atoms with van der Waals surface area (Å²) in [5, 5.41) is 9.88. The van der Waals surface area contributed by atoms with Crippen molar-refractivity contribution in [2.45, 2.75) is 13.2 Å². The molecule has 0 saturated carbocycles. The summed E-state index contributed by atoms with van der Waals surface area (Å²) in [6, 6.07) is 5.54. The van der Waals surface area contributed by atoms with E-state index in [9.17, 15) is 5.11 Å². The first-order valence-electron chi connectivity index (χ1n) is 5.01. The van der Waals surface area contributed by atoms with Crippen molar-refractivity contribution < 1.29 is 9.84 Å². The summed E-state index contributed by atoms with van der Waals surface area (Å²) in [5.41, 5.74) is 1.65. The standard InChI is InChI=1S/C11H13ClN2O2/c1-16-6-5-14-10(7-15)13-9-4-2-3-8(12)11(9)14/h2-4,15H,5-7H2,1H3. The molecule has 0 fully saturated rings. The maximum atomic E-state index is 9.24. The summed E-state index contributed by atoms with van der Waals surface area (Å²) in [7, 11) is 1.64. The molecule has 0 bridgehead atoms. The number of imidazole rings is 1. The Kier molecular flexibility index (Phi) is 3.43. The number of para-hydroxylation sites is 1. The van der Waals surface area contributed by atoms with Gasteiger partial charge in [0.1, 0.15) is 12.4 Å². The van der Waals surface area contributed by atoms with E-state index in [2.05, 4.69) is 4.98 Å². The molecule has 0 spiro atoms. The van der Waals surface area contributed by atoms with Crippen molar-refractivity contribution in [3.63, 3.8) is 0 Å². The lowest BCUT2D eigenvalue weighted by Gasteiger charge is -2.07. The zero-order chi connectivity index (χ0) is 11.5. The van der Waals surface area contributed by atoms with E-state index in [1.165, 1.54) is 0 Å². The highest BCUT2D eigenvalue weighted by Crippen LogP contribution is 2.24. The van der Waals surface area contributed by atoms with E-state index in [0.29, 0.717) is 24.0 Å². The fourth-order valence-corrected chi connectivity index (χ4v) is 2.01. The Balaban J connectivity index is 2.56. The SMILES string of the molecule is COCCn1c(CO)nc2cccc(Cl)c21. The molecule has 16 heavy (non-hydrogen) atoms. The highest BCUT2D eigenvalue weighted by molar-refractivity contribution is 6.35. The van der Waals surface area contributed by atoms with Gasteiger partial charge < -0.3 is 14.4 Å². The first-order chi connectivity index (χ1) is 7.77. The second-order valence-corrected chi connectivity index (χ2v) is 3.85. The molecule has 4 nitrogen and oxygen atoms in total. The summed E-state index contributed by atoms with van der Waals surface area (Å²) in [4.78, 5) is 4.32. The monoisotopic (exact) mass is 240 g/mol. The van der Waals surface area contributed by atoms with Gasteiger partial charge in [0, 0.05) is 13.7 Å². The van der Waals surface area contributed by atoms with Gasteiger partial charge in [0.25, 0.3) is 0 Å². The Bertz CT molecular complexity index is 496. The van der Waals surface area contributed by atoms with Crippen LogP contribution in [0.15, 0.2) is 18.2 Å². The molecule has 0 aliphatic rings. The maximum Gasteiger partial charge on any atom is 0.135 e. The van der Waals surface area contributed by atoms with Crippen molar-refractivity contribution >= 4 is 22.6 Å². The molecule has 0 aliphatic carbocycles. The first-order valence-corrected chi connectivity index (χ1v) is 5.39. The molecule has 0 amide bonds. The van der Waals surface area contributed by atoms with Gasteiger partial charge in [-0.1, -0.05) is 17.7 Å². The van der Waals surface area contributed by atoms with Crippen molar-refractivity contribution in [3.8, 4) is 0 Å². The number of fused-ring (bicyclic) bond motifs is 1. The van der Waals surface area contributed by atoms with Crippen LogP contribution in [0.2, 0.25) is 5.02 Å². The van der Waals surface area contributed by atoms with E-state index in [1.807, 2.05) is 22.8 Å². The normalized spacial score (nSPS) is 11.2. The first kappa shape index (κ1) is 11.4. The second kappa shape index (κ2) is 4.82. The van der Waals surface area contributed by atoms with Crippen molar-refractivity contribution in [1.29, 1.82) is 0 Å². The molecule has 0 atom stereocenters. The van der Waals surface area contributed by atoms with Crippen LogP contribution in [0, 0.1) is 0 Å². The van der Waals surface area contributed by atoms with Crippen LogP contribution in [0.3, 0.4) is 0 Å². The number of ether oxygens (including phenoxy) is 1. The zero-order valence-corrected chi connectivity index (χ0v) is 9.74. The Hall–Kier alpha value is -1.10. The van der Waals surface area contributed by atoms with E-state index in [4.69, 9.17) is 16.3 Å². The Morgan fingerprint density at radius 3 is 3.00 bits per heavy atom. The van der Waals surface area contributed by atoms with E-state index in [0.717, 1.165) is 11.0 Å². The minimum absolute atomic E-state index is 0.102. The Labute approximate surface area is 98.4 Å². The average molecular weight is 241 g/mol. The molecule has 1 N–H and O–H groups in total. The number of hydrogen-bond donors (Lipinski definition) is 1. The predicted octanol–water partition coefficient (Wildman–Crippen LogP) is 1.83. The number of halogens is 1. The Morgan fingerprint density at radius 2 is 2.31 bits per heavy atom. The lowest BCUT2D eigenvalue weighted by molar-refractivity contribution is 0.184. The minimum Gasteiger partial charge on any atom is -0.388 e. The van der Waals surface area contributed by atoms with Crippen LogP contribution in [0.25, 0.3) is 11.0 Å². The quantitative estimate of drug-likeness (QED) is 0.887. The van der Waals surface area contributed by atoms with E-state index in [-0.39, 0.29) is 6.61 Å². The predicted molar refractivity (Wildman–Crippen MR) is 62.5 cm³/mol. The van der Waals surface area contributed by atoms with E-state index in [1.54, 1.807) is 7.11 Å². The summed E-state index contributed by atoms with van der Waals surface area (Å²) in [6.07, 6.45) is 0. The summed E-state index contributed by atoms with van der Waals surface area (Å²) in [6.45, 7) is 1.09. The number of aliphatic hydroxyl groups is 1. The largest absolute Gasteiger partial charge is 0.388 e. The van der Waals surface area contributed by atoms with Crippen molar-refractivity contribution in [2.24, 2.45) is 0 Å². The van der Waals surface area contributed by atoms with Crippen LogP contribution in [0.4, 0.5) is 0 Å². The van der Waals surface area contributed by atoms with Gasteiger partial charge in [-0.3, -0.25) is 0 Å². The highest BCUT2D eigenvalue weighted by Gasteiger charge is 2.11. The van der Waals surface area contributed by atoms with Gasteiger partial charge in [-0.2, -0.15) is 0 Å². The smallest absolute Gasteiger partial charge is 0.135 e. The molecule has 0 aliphatic heterocycles. The van der Waals surface area contributed by atoms with Crippen LogP contribution >= 0.6 is 11.6 Å². The van der Waals surface area contributed by atoms with E-state index < -0.39 is 0 Å². The topological polar surface area (TPSA) is 47.3 Å². The van der Waals surface area contributed by atoms with Gasteiger partial charge in [-0.15, -0.1) is 0 Å². The van der Waals surface area contributed by atoms with Gasteiger partial charge in [0.15, 0.2) is 0 Å². The molecule has 1 heterocycles. The number of benzene rings is 1. The Morgan fingerprint density at radius 1 is 1.50 bits per heavy atom. The lowest BCUT2D eigenvalue weighted by Crippen LogP contribution is -2.08. The molecule has 2 rings (SSSR count). The van der Waals surface area contributed by atoms with Crippen LogP contribution < -0.4 is 0 Å². The fourth-order valence-electron chi connectivity index (χ4n) is 1.73. The summed E-state index contributed by atoms with van der Waals surface area (Å²) >= 11 is 6.13. The van der Waals surface area contributed by atoms with Crippen molar-refractivity contribution in [2.75, 3.05) is 13.7 Å².